The Morgan fingerprint density at radius 3 is 2.55 bits per heavy atom. The van der Waals surface area contributed by atoms with Crippen LogP contribution in [0.2, 0.25) is 0 Å². The normalized spacial score (nSPS) is 25.5. The van der Waals surface area contributed by atoms with Crippen molar-refractivity contribution in [2.24, 2.45) is 0 Å². The molecule has 1 saturated heterocycles. The van der Waals surface area contributed by atoms with Gasteiger partial charge in [0.2, 0.25) is 5.91 Å². The molecule has 3 rings (SSSR count). The minimum atomic E-state index is -0.535. The van der Waals surface area contributed by atoms with Crippen LogP contribution in [0.15, 0.2) is 12.1 Å². The molecular formula is C17H24N2O3. The molecule has 2 atom stereocenters. The summed E-state index contributed by atoms with van der Waals surface area (Å²) in [5.41, 5.74) is 3.17. The monoisotopic (exact) mass is 304 g/mol. The Kier molecular flexibility index (Phi) is 4.10. The molecule has 1 N–H and O–H groups in total. The van der Waals surface area contributed by atoms with Gasteiger partial charge in [-0.1, -0.05) is 12.1 Å². The quantitative estimate of drug-likeness (QED) is 0.849. The van der Waals surface area contributed by atoms with E-state index in [-0.39, 0.29) is 11.9 Å². The lowest BCUT2D eigenvalue weighted by atomic mass is 9.93. The summed E-state index contributed by atoms with van der Waals surface area (Å²) in [5.74, 6) is 0.961. The fourth-order valence-corrected chi connectivity index (χ4v) is 3.38. The van der Waals surface area contributed by atoms with Crippen molar-refractivity contribution in [3.8, 4) is 5.75 Å². The number of aliphatic hydroxyl groups excluding tert-OH is 1. The Bertz CT molecular complexity index is 580. The van der Waals surface area contributed by atoms with E-state index in [1.807, 2.05) is 24.0 Å². The number of ether oxygens (including phenoxy) is 1. The molecule has 2 unspecified atom stereocenters. The molecule has 2 aliphatic rings. The summed E-state index contributed by atoms with van der Waals surface area (Å²) in [6.45, 7) is 9.20. The first-order valence-electron chi connectivity index (χ1n) is 7.89. The second-order valence-electron chi connectivity index (χ2n) is 6.29. The Morgan fingerprint density at radius 2 is 1.91 bits per heavy atom. The van der Waals surface area contributed by atoms with Gasteiger partial charge in [0.05, 0.1) is 6.04 Å². The number of carbonyl (C=O) groups is 1. The van der Waals surface area contributed by atoms with Gasteiger partial charge in [0, 0.05) is 38.7 Å². The van der Waals surface area contributed by atoms with Crippen LogP contribution in [0.4, 0.5) is 0 Å². The average molecular weight is 304 g/mol. The van der Waals surface area contributed by atoms with Crippen molar-refractivity contribution >= 4 is 5.91 Å². The van der Waals surface area contributed by atoms with Gasteiger partial charge in [-0.3, -0.25) is 9.69 Å². The van der Waals surface area contributed by atoms with E-state index in [1.54, 1.807) is 6.92 Å². The molecular weight excluding hydrogens is 280 g/mol. The third-order valence-corrected chi connectivity index (χ3v) is 5.02. The van der Waals surface area contributed by atoms with Crippen molar-refractivity contribution in [3.05, 3.63) is 28.8 Å². The first-order chi connectivity index (χ1) is 10.5. The van der Waals surface area contributed by atoms with Gasteiger partial charge in [-0.05, 0) is 25.0 Å². The fourth-order valence-electron chi connectivity index (χ4n) is 3.38. The summed E-state index contributed by atoms with van der Waals surface area (Å²) >= 11 is 0. The summed E-state index contributed by atoms with van der Waals surface area (Å²) in [4.78, 5) is 15.5. The number of hydrogen-bond donors (Lipinski definition) is 1. The van der Waals surface area contributed by atoms with Gasteiger partial charge in [0.1, 0.15) is 18.5 Å². The van der Waals surface area contributed by atoms with Crippen LogP contribution in [0.3, 0.4) is 0 Å². The molecule has 0 aromatic heterocycles. The van der Waals surface area contributed by atoms with Gasteiger partial charge in [0.25, 0.3) is 0 Å². The molecule has 0 spiro atoms. The lowest BCUT2D eigenvalue weighted by Crippen LogP contribution is -2.55. The molecule has 0 saturated carbocycles. The summed E-state index contributed by atoms with van der Waals surface area (Å²) in [5, 5.41) is 10.8. The lowest BCUT2D eigenvalue weighted by Gasteiger charge is -2.43. The van der Waals surface area contributed by atoms with Crippen LogP contribution in [0, 0.1) is 13.8 Å². The highest BCUT2D eigenvalue weighted by Gasteiger charge is 2.36. The average Bonchev–Trinajstić information content (AvgIpc) is 2.51. The Balaban J connectivity index is 1.75. The minimum Gasteiger partial charge on any atom is -0.491 e. The third kappa shape index (κ3) is 2.59. The number of aliphatic hydroxyl groups is 1. The molecule has 5 nitrogen and oxygen atoms in total. The predicted molar refractivity (Wildman–Crippen MR) is 84.0 cm³/mol. The topological polar surface area (TPSA) is 53.0 Å². The van der Waals surface area contributed by atoms with Crippen LogP contribution in [-0.2, 0) is 4.79 Å². The molecule has 0 radical (unpaired) electrons. The Hall–Kier alpha value is -1.59. The lowest BCUT2D eigenvalue weighted by molar-refractivity contribution is -0.131. The van der Waals surface area contributed by atoms with Crippen LogP contribution < -0.4 is 4.74 Å². The van der Waals surface area contributed by atoms with Gasteiger partial charge in [-0.2, -0.15) is 0 Å². The Morgan fingerprint density at radius 1 is 1.23 bits per heavy atom. The van der Waals surface area contributed by atoms with E-state index in [0.29, 0.717) is 6.61 Å². The number of fused-ring (bicyclic) bond motifs is 1. The van der Waals surface area contributed by atoms with Gasteiger partial charge < -0.3 is 14.7 Å². The van der Waals surface area contributed by atoms with Gasteiger partial charge in [0.15, 0.2) is 0 Å². The van der Waals surface area contributed by atoms with Gasteiger partial charge in [-0.15, -0.1) is 0 Å². The van der Waals surface area contributed by atoms with E-state index in [0.717, 1.165) is 43.1 Å². The molecule has 1 fully saturated rings. The summed E-state index contributed by atoms with van der Waals surface area (Å²) in [7, 11) is 0. The molecule has 0 bridgehead atoms. The molecule has 1 amide bonds. The Labute approximate surface area is 131 Å². The highest BCUT2D eigenvalue weighted by molar-refractivity contribution is 5.73. The zero-order valence-corrected chi connectivity index (χ0v) is 13.5. The predicted octanol–water partition coefficient (Wildman–Crippen LogP) is 1.26. The van der Waals surface area contributed by atoms with Crippen molar-refractivity contribution in [1.82, 2.24) is 9.80 Å². The van der Waals surface area contributed by atoms with Crippen LogP contribution >= 0.6 is 0 Å². The number of aryl methyl sites for hydroxylation is 1. The van der Waals surface area contributed by atoms with Gasteiger partial charge >= 0.3 is 0 Å². The summed E-state index contributed by atoms with van der Waals surface area (Å²) in [6.07, 6.45) is -0.535. The molecule has 1 aromatic rings. The number of nitrogens with zero attached hydrogens (tertiary/aromatic N) is 2. The maximum Gasteiger partial charge on any atom is 0.219 e. The largest absolute Gasteiger partial charge is 0.491 e. The van der Waals surface area contributed by atoms with E-state index in [1.165, 1.54) is 5.56 Å². The van der Waals surface area contributed by atoms with E-state index in [4.69, 9.17) is 4.74 Å². The van der Waals surface area contributed by atoms with Gasteiger partial charge in [-0.25, -0.2) is 0 Å². The number of piperazine rings is 1. The maximum absolute atomic E-state index is 11.4. The molecule has 0 aliphatic carbocycles. The second-order valence-corrected chi connectivity index (χ2v) is 6.29. The number of amides is 1. The fraction of sp³-hybridized carbons (Fsp3) is 0.588. The van der Waals surface area contributed by atoms with E-state index in [2.05, 4.69) is 11.8 Å². The zero-order valence-electron chi connectivity index (χ0n) is 13.5. The van der Waals surface area contributed by atoms with E-state index >= 15 is 0 Å². The van der Waals surface area contributed by atoms with Crippen molar-refractivity contribution in [3.63, 3.8) is 0 Å². The SMILES string of the molecule is CC(=O)N1CCN(C2COc3c(ccc(C)c3C)C2O)CC1. The van der Waals surface area contributed by atoms with E-state index < -0.39 is 6.10 Å². The smallest absolute Gasteiger partial charge is 0.219 e. The van der Waals surface area contributed by atoms with Crippen LogP contribution in [0.5, 0.6) is 5.75 Å². The van der Waals surface area contributed by atoms with Crippen molar-refractivity contribution in [1.29, 1.82) is 0 Å². The molecule has 22 heavy (non-hydrogen) atoms. The summed E-state index contributed by atoms with van der Waals surface area (Å²) in [6, 6.07) is 3.97. The molecule has 2 aliphatic heterocycles. The highest BCUT2D eigenvalue weighted by atomic mass is 16.5. The number of benzene rings is 1. The molecule has 1 aromatic carbocycles. The second kappa shape index (κ2) is 5.89. The van der Waals surface area contributed by atoms with Crippen LogP contribution in [-0.4, -0.2) is 59.6 Å². The molecule has 120 valence electrons. The number of hydrogen-bond acceptors (Lipinski definition) is 4. The standard InChI is InChI=1S/C17H24N2O3/c1-11-4-5-14-16(21)15(10-22-17(14)12(11)2)19-8-6-18(7-9-19)13(3)20/h4-5,15-16,21H,6-10H2,1-3H3. The van der Waals surface area contributed by atoms with Crippen molar-refractivity contribution in [2.75, 3.05) is 32.8 Å². The highest BCUT2D eigenvalue weighted by Crippen LogP contribution is 2.38. The maximum atomic E-state index is 11.4. The summed E-state index contributed by atoms with van der Waals surface area (Å²) < 4.78 is 5.96. The molecule has 5 heteroatoms. The van der Waals surface area contributed by atoms with Crippen LogP contribution in [0.25, 0.3) is 0 Å². The molecule has 2 heterocycles. The van der Waals surface area contributed by atoms with Crippen molar-refractivity contribution in [2.45, 2.75) is 32.9 Å². The van der Waals surface area contributed by atoms with Crippen molar-refractivity contribution < 1.29 is 14.6 Å². The van der Waals surface area contributed by atoms with Crippen LogP contribution in [0.1, 0.15) is 29.7 Å². The third-order valence-electron chi connectivity index (χ3n) is 5.02. The zero-order chi connectivity index (χ0) is 15.9. The van der Waals surface area contributed by atoms with E-state index in [9.17, 15) is 9.90 Å². The number of rotatable bonds is 1. The first kappa shape index (κ1) is 15.3. The minimum absolute atomic E-state index is 0.0382. The number of carbonyl (C=O) groups excluding carboxylic acids is 1. The first-order valence-corrected chi connectivity index (χ1v) is 7.89.